The van der Waals surface area contributed by atoms with Crippen LogP contribution >= 0.6 is 0 Å². The number of hydrogen-bond acceptors (Lipinski definition) is 3. The monoisotopic (exact) mass is 244 g/mol. The van der Waals surface area contributed by atoms with Crippen LogP contribution in [0.25, 0.3) is 0 Å². The van der Waals surface area contributed by atoms with E-state index in [2.05, 4.69) is 20.6 Å². The number of aryl methyl sites for hydroxylation is 1. The second kappa shape index (κ2) is 5.35. The zero-order chi connectivity index (χ0) is 13.0. The van der Waals surface area contributed by atoms with Crippen molar-refractivity contribution in [1.82, 2.24) is 9.97 Å². The molecule has 0 saturated heterocycles. The summed E-state index contributed by atoms with van der Waals surface area (Å²) in [5, 5.41) is 5.89. The maximum Gasteiger partial charge on any atom is 0.260 e. The molecule has 0 aliphatic carbocycles. The molecular formula is C13H16N4O. The minimum atomic E-state index is -0.176. The van der Waals surface area contributed by atoms with Gasteiger partial charge in [-0.3, -0.25) is 10.1 Å². The molecule has 1 aromatic heterocycles. The highest BCUT2D eigenvalue weighted by Crippen LogP contribution is 2.18. The normalized spacial score (nSPS) is 10.1. The molecule has 2 aromatic rings. The second-order valence-electron chi connectivity index (χ2n) is 3.97. The number of hydrogen-bond donors (Lipinski definition) is 3. The highest BCUT2D eigenvalue weighted by molar-refractivity contribution is 6.07. The number of imidazole rings is 1. The molecule has 0 spiro atoms. The second-order valence-corrected chi connectivity index (χ2v) is 3.97. The number of benzene rings is 1. The van der Waals surface area contributed by atoms with Crippen molar-refractivity contribution in [3.63, 3.8) is 0 Å². The van der Waals surface area contributed by atoms with E-state index in [0.29, 0.717) is 11.5 Å². The van der Waals surface area contributed by atoms with Crippen molar-refractivity contribution < 1.29 is 4.79 Å². The van der Waals surface area contributed by atoms with Gasteiger partial charge in [0.25, 0.3) is 5.91 Å². The fourth-order valence-electron chi connectivity index (χ4n) is 1.70. The van der Waals surface area contributed by atoms with Gasteiger partial charge >= 0.3 is 0 Å². The van der Waals surface area contributed by atoms with E-state index in [0.717, 1.165) is 17.8 Å². The fraction of sp³-hybridized carbons (Fsp3) is 0.231. The van der Waals surface area contributed by atoms with Crippen molar-refractivity contribution in [2.75, 3.05) is 17.2 Å². The lowest BCUT2D eigenvalue weighted by molar-refractivity contribution is 0.102. The smallest absolute Gasteiger partial charge is 0.260 e. The molecule has 2 rings (SSSR count). The van der Waals surface area contributed by atoms with E-state index in [1.54, 1.807) is 12.4 Å². The van der Waals surface area contributed by atoms with Gasteiger partial charge in [-0.1, -0.05) is 11.6 Å². The Labute approximate surface area is 106 Å². The molecule has 18 heavy (non-hydrogen) atoms. The van der Waals surface area contributed by atoms with Gasteiger partial charge in [0.1, 0.15) is 0 Å². The summed E-state index contributed by atoms with van der Waals surface area (Å²) in [6, 6.07) is 5.74. The van der Waals surface area contributed by atoms with E-state index in [1.165, 1.54) is 0 Å². The van der Waals surface area contributed by atoms with Gasteiger partial charge in [0.15, 0.2) is 0 Å². The third kappa shape index (κ3) is 2.68. The number of nitrogens with zero attached hydrogens (tertiary/aromatic N) is 1. The fourth-order valence-corrected chi connectivity index (χ4v) is 1.70. The van der Waals surface area contributed by atoms with E-state index >= 15 is 0 Å². The predicted octanol–water partition coefficient (Wildman–Crippen LogP) is 2.40. The lowest BCUT2D eigenvalue weighted by Gasteiger charge is -2.11. The van der Waals surface area contributed by atoms with Gasteiger partial charge in [0.2, 0.25) is 5.95 Å². The highest BCUT2D eigenvalue weighted by Gasteiger charge is 2.12. The van der Waals surface area contributed by atoms with Gasteiger partial charge in [0, 0.05) is 24.6 Å². The summed E-state index contributed by atoms with van der Waals surface area (Å²) in [5.74, 6) is 0.272. The molecular weight excluding hydrogens is 228 g/mol. The van der Waals surface area contributed by atoms with Crippen molar-refractivity contribution in [2.24, 2.45) is 0 Å². The zero-order valence-corrected chi connectivity index (χ0v) is 10.4. The Balaban J connectivity index is 2.25. The van der Waals surface area contributed by atoms with Gasteiger partial charge in [-0.2, -0.15) is 0 Å². The van der Waals surface area contributed by atoms with Crippen LogP contribution in [0.3, 0.4) is 0 Å². The van der Waals surface area contributed by atoms with E-state index in [-0.39, 0.29) is 5.91 Å². The van der Waals surface area contributed by atoms with Crippen LogP contribution < -0.4 is 10.6 Å². The minimum absolute atomic E-state index is 0.176. The summed E-state index contributed by atoms with van der Waals surface area (Å²) >= 11 is 0. The number of carbonyl (C=O) groups excluding carboxylic acids is 1. The van der Waals surface area contributed by atoms with Crippen LogP contribution in [0.15, 0.2) is 30.6 Å². The van der Waals surface area contributed by atoms with Crippen molar-refractivity contribution in [2.45, 2.75) is 13.8 Å². The Morgan fingerprint density at radius 2 is 2.28 bits per heavy atom. The van der Waals surface area contributed by atoms with Crippen molar-refractivity contribution in [3.05, 3.63) is 41.7 Å². The lowest BCUT2D eigenvalue weighted by atomic mass is 10.1. The summed E-state index contributed by atoms with van der Waals surface area (Å²) in [6.07, 6.45) is 3.26. The van der Waals surface area contributed by atoms with Gasteiger partial charge in [-0.25, -0.2) is 4.98 Å². The SMILES string of the molecule is CCNc1ccc(C)cc1C(=O)Nc1ncc[nH]1. The quantitative estimate of drug-likeness (QED) is 0.773. The molecule has 0 aliphatic heterocycles. The average molecular weight is 244 g/mol. The van der Waals surface area contributed by atoms with Crippen LogP contribution in [0.5, 0.6) is 0 Å². The zero-order valence-electron chi connectivity index (χ0n) is 10.4. The number of anilines is 2. The Hall–Kier alpha value is -2.30. The summed E-state index contributed by atoms with van der Waals surface area (Å²) < 4.78 is 0. The largest absolute Gasteiger partial charge is 0.385 e. The maximum absolute atomic E-state index is 12.1. The van der Waals surface area contributed by atoms with E-state index in [1.807, 2.05) is 32.0 Å². The molecule has 0 bridgehead atoms. The highest BCUT2D eigenvalue weighted by atomic mass is 16.1. The third-order valence-electron chi connectivity index (χ3n) is 2.52. The summed E-state index contributed by atoms with van der Waals surface area (Å²) in [6.45, 7) is 4.72. The standard InChI is InChI=1S/C13H16N4O/c1-3-14-11-5-4-9(2)8-10(11)12(18)17-13-15-6-7-16-13/h4-8,14H,3H2,1-2H3,(H2,15,16,17,18). The molecule has 1 heterocycles. The summed E-state index contributed by atoms with van der Waals surface area (Å²) in [7, 11) is 0. The van der Waals surface area contributed by atoms with Crippen LogP contribution in [0, 0.1) is 6.92 Å². The number of amides is 1. The molecule has 5 heteroatoms. The van der Waals surface area contributed by atoms with Crippen LogP contribution in [-0.4, -0.2) is 22.4 Å². The Kier molecular flexibility index (Phi) is 3.62. The summed E-state index contributed by atoms with van der Waals surface area (Å²) in [4.78, 5) is 19.0. The molecule has 0 radical (unpaired) electrons. The topological polar surface area (TPSA) is 69.8 Å². The van der Waals surface area contributed by atoms with Gasteiger partial charge < -0.3 is 10.3 Å². The molecule has 1 aromatic carbocycles. The van der Waals surface area contributed by atoms with E-state index < -0.39 is 0 Å². The van der Waals surface area contributed by atoms with Crippen LogP contribution in [0.4, 0.5) is 11.6 Å². The average Bonchev–Trinajstić information content (AvgIpc) is 2.84. The van der Waals surface area contributed by atoms with Crippen molar-refractivity contribution in [1.29, 1.82) is 0 Å². The lowest BCUT2D eigenvalue weighted by Crippen LogP contribution is -2.15. The first-order valence-corrected chi connectivity index (χ1v) is 5.86. The van der Waals surface area contributed by atoms with Crippen LogP contribution in [0.2, 0.25) is 0 Å². The number of aromatic amines is 1. The first kappa shape index (κ1) is 12.2. The van der Waals surface area contributed by atoms with Gasteiger partial charge in [0.05, 0.1) is 5.56 Å². The number of rotatable bonds is 4. The number of nitrogens with one attached hydrogen (secondary N) is 3. The van der Waals surface area contributed by atoms with Crippen LogP contribution in [-0.2, 0) is 0 Å². The van der Waals surface area contributed by atoms with Crippen molar-refractivity contribution >= 4 is 17.5 Å². The van der Waals surface area contributed by atoms with Gasteiger partial charge in [-0.05, 0) is 26.0 Å². The first-order chi connectivity index (χ1) is 8.70. The molecule has 0 atom stereocenters. The molecule has 0 aliphatic rings. The molecule has 1 amide bonds. The Morgan fingerprint density at radius 1 is 1.44 bits per heavy atom. The number of carbonyl (C=O) groups is 1. The first-order valence-electron chi connectivity index (χ1n) is 5.86. The molecule has 5 nitrogen and oxygen atoms in total. The predicted molar refractivity (Wildman–Crippen MR) is 71.9 cm³/mol. The molecule has 94 valence electrons. The number of H-pyrrole nitrogens is 1. The number of aromatic nitrogens is 2. The minimum Gasteiger partial charge on any atom is -0.385 e. The molecule has 3 N–H and O–H groups in total. The molecule has 0 unspecified atom stereocenters. The molecule has 0 fully saturated rings. The Morgan fingerprint density at radius 3 is 2.94 bits per heavy atom. The third-order valence-corrected chi connectivity index (χ3v) is 2.52. The molecule has 0 saturated carbocycles. The Bertz CT molecular complexity index is 534. The van der Waals surface area contributed by atoms with E-state index in [9.17, 15) is 4.79 Å². The van der Waals surface area contributed by atoms with Crippen molar-refractivity contribution in [3.8, 4) is 0 Å². The van der Waals surface area contributed by atoms with Gasteiger partial charge in [-0.15, -0.1) is 0 Å². The summed E-state index contributed by atoms with van der Waals surface area (Å²) in [5.41, 5.74) is 2.49. The maximum atomic E-state index is 12.1. The van der Waals surface area contributed by atoms with Crippen LogP contribution in [0.1, 0.15) is 22.8 Å². The van der Waals surface area contributed by atoms with E-state index in [4.69, 9.17) is 0 Å².